The Balaban J connectivity index is 1.58. The van der Waals surface area contributed by atoms with Gasteiger partial charge in [-0.1, -0.05) is 5.16 Å². The highest BCUT2D eigenvalue weighted by Crippen LogP contribution is 2.29. The van der Waals surface area contributed by atoms with Gasteiger partial charge < -0.3 is 9.42 Å². The predicted molar refractivity (Wildman–Crippen MR) is 74.6 cm³/mol. The molecule has 0 saturated carbocycles. The zero-order valence-corrected chi connectivity index (χ0v) is 12.7. The van der Waals surface area contributed by atoms with Gasteiger partial charge in [0.25, 0.3) is 0 Å². The van der Waals surface area contributed by atoms with Crippen LogP contribution in [-0.4, -0.2) is 45.2 Å². The molecule has 6 nitrogen and oxygen atoms in total. The zero-order valence-electron chi connectivity index (χ0n) is 11.9. The molecule has 0 bridgehead atoms. The van der Waals surface area contributed by atoms with Crippen LogP contribution in [0.25, 0.3) is 10.8 Å². The van der Waals surface area contributed by atoms with Crippen molar-refractivity contribution < 1.29 is 22.5 Å². The van der Waals surface area contributed by atoms with E-state index in [4.69, 9.17) is 4.52 Å². The Labute approximate surface area is 133 Å². The van der Waals surface area contributed by atoms with Crippen LogP contribution in [0.15, 0.2) is 16.1 Å². The summed E-state index contributed by atoms with van der Waals surface area (Å²) in [5.74, 6) is 0.133. The molecule has 124 valence electrons. The van der Waals surface area contributed by atoms with E-state index in [1.807, 2.05) is 0 Å². The summed E-state index contributed by atoms with van der Waals surface area (Å²) < 4.78 is 41.7. The van der Waals surface area contributed by atoms with Crippen LogP contribution in [0, 0.1) is 0 Å². The Kier molecular flexibility index (Phi) is 4.33. The van der Waals surface area contributed by atoms with Gasteiger partial charge >= 0.3 is 6.18 Å². The van der Waals surface area contributed by atoms with Crippen molar-refractivity contribution in [3.63, 3.8) is 0 Å². The quantitative estimate of drug-likeness (QED) is 0.851. The van der Waals surface area contributed by atoms with Crippen LogP contribution < -0.4 is 0 Å². The molecule has 23 heavy (non-hydrogen) atoms. The van der Waals surface area contributed by atoms with Crippen molar-refractivity contribution in [2.24, 2.45) is 0 Å². The first-order valence-electron chi connectivity index (χ1n) is 7.00. The molecule has 1 amide bonds. The van der Waals surface area contributed by atoms with Gasteiger partial charge in [-0.2, -0.15) is 18.2 Å². The summed E-state index contributed by atoms with van der Waals surface area (Å²) in [5, 5.41) is 6.28. The SMILES string of the molecule is O=C(CCC(F)(F)F)N1CCC(c2nc(-c3nccs3)no2)C1. The molecule has 10 heteroatoms. The second kappa shape index (κ2) is 6.26. The Morgan fingerprint density at radius 1 is 1.48 bits per heavy atom. The Hall–Kier alpha value is -1.97. The van der Waals surface area contributed by atoms with Crippen LogP contribution in [0.5, 0.6) is 0 Å². The fourth-order valence-electron chi connectivity index (χ4n) is 2.42. The average Bonchev–Trinajstić information content (AvgIpc) is 3.22. The Bertz CT molecular complexity index is 671. The number of aromatic nitrogens is 3. The smallest absolute Gasteiger partial charge is 0.342 e. The fourth-order valence-corrected chi connectivity index (χ4v) is 2.98. The molecular weight excluding hydrogens is 333 g/mol. The number of carbonyl (C=O) groups excluding carboxylic acids is 1. The lowest BCUT2D eigenvalue weighted by atomic mass is 10.1. The number of amides is 1. The number of carbonyl (C=O) groups is 1. The summed E-state index contributed by atoms with van der Waals surface area (Å²) >= 11 is 1.38. The lowest BCUT2D eigenvalue weighted by molar-refractivity contribution is -0.148. The van der Waals surface area contributed by atoms with Crippen LogP contribution in [0.3, 0.4) is 0 Å². The topological polar surface area (TPSA) is 72.1 Å². The highest BCUT2D eigenvalue weighted by Gasteiger charge is 2.34. The van der Waals surface area contributed by atoms with Gasteiger partial charge in [0.15, 0.2) is 5.01 Å². The van der Waals surface area contributed by atoms with Gasteiger partial charge in [0.1, 0.15) is 0 Å². The van der Waals surface area contributed by atoms with Gasteiger partial charge in [0.2, 0.25) is 17.6 Å². The predicted octanol–water partition coefficient (Wildman–Crippen LogP) is 2.85. The van der Waals surface area contributed by atoms with E-state index in [2.05, 4.69) is 15.1 Å². The van der Waals surface area contributed by atoms with Gasteiger partial charge in [-0.05, 0) is 6.42 Å². The van der Waals surface area contributed by atoms with Crippen LogP contribution in [0.4, 0.5) is 13.2 Å². The highest BCUT2D eigenvalue weighted by atomic mass is 32.1. The normalized spacial score (nSPS) is 18.6. The average molecular weight is 346 g/mol. The maximum atomic E-state index is 12.2. The summed E-state index contributed by atoms with van der Waals surface area (Å²) in [7, 11) is 0. The van der Waals surface area contributed by atoms with Crippen molar-refractivity contribution >= 4 is 17.2 Å². The van der Waals surface area contributed by atoms with Gasteiger partial charge in [-0.25, -0.2) is 4.98 Å². The molecule has 1 unspecified atom stereocenters. The van der Waals surface area contributed by atoms with Crippen molar-refractivity contribution in [1.82, 2.24) is 20.0 Å². The first-order chi connectivity index (χ1) is 10.9. The monoisotopic (exact) mass is 346 g/mol. The van der Waals surface area contributed by atoms with Gasteiger partial charge in [-0.15, -0.1) is 11.3 Å². The largest absolute Gasteiger partial charge is 0.389 e. The van der Waals surface area contributed by atoms with Crippen molar-refractivity contribution in [3.05, 3.63) is 17.5 Å². The van der Waals surface area contributed by atoms with Crippen LogP contribution in [0.1, 0.15) is 31.1 Å². The van der Waals surface area contributed by atoms with E-state index in [1.54, 1.807) is 11.6 Å². The molecule has 2 aromatic rings. The fraction of sp³-hybridized carbons (Fsp3) is 0.538. The lowest BCUT2D eigenvalue weighted by Gasteiger charge is -2.16. The van der Waals surface area contributed by atoms with Crippen LogP contribution in [-0.2, 0) is 4.79 Å². The second-order valence-electron chi connectivity index (χ2n) is 5.23. The molecular formula is C13H13F3N4O2S. The van der Waals surface area contributed by atoms with Crippen LogP contribution in [0.2, 0.25) is 0 Å². The number of hydrogen-bond donors (Lipinski definition) is 0. The zero-order chi connectivity index (χ0) is 16.4. The summed E-state index contributed by atoms with van der Waals surface area (Å²) in [5.41, 5.74) is 0. The minimum atomic E-state index is -4.32. The number of likely N-dealkylation sites (tertiary alicyclic amines) is 1. The third-order valence-electron chi connectivity index (χ3n) is 3.58. The van der Waals surface area contributed by atoms with E-state index >= 15 is 0 Å². The van der Waals surface area contributed by atoms with E-state index in [-0.39, 0.29) is 5.92 Å². The number of nitrogens with zero attached hydrogens (tertiary/aromatic N) is 4. The molecule has 0 radical (unpaired) electrons. The standard InChI is InChI=1S/C13H13F3N4O2S/c14-13(15,16)3-1-9(21)20-5-2-8(7-20)11-18-10(19-22-11)12-17-4-6-23-12/h4,6,8H,1-3,5,7H2. The number of thiazole rings is 1. The summed E-state index contributed by atoms with van der Waals surface area (Å²) in [6, 6.07) is 0. The third-order valence-corrected chi connectivity index (χ3v) is 4.35. The minimum Gasteiger partial charge on any atom is -0.342 e. The minimum absolute atomic E-state index is 0.147. The summed E-state index contributed by atoms with van der Waals surface area (Å²) in [6.45, 7) is 0.701. The first-order valence-corrected chi connectivity index (χ1v) is 7.88. The third kappa shape index (κ3) is 3.87. The van der Waals surface area contributed by atoms with Crippen molar-refractivity contribution in [2.45, 2.75) is 31.4 Å². The number of hydrogen-bond acceptors (Lipinski definition) is 6. The maximum Gasteiger partial charge on any atom is 0.389 e. The number of alkyl halides is 3. The molecule has 1 aliphatic rings. The highest BCUT2D eigenvalue weighted by molar-refractivity contribution is 7.12. The number of halogens is 3. The Morgan fingerprint density at radius 2 is 2.30 bits per heavy atom. The van der Waals surface area contributed by atoms with Crippen molar-refractivity contribution in [3.8, 4) is 10.8 Å². The second-order valence-corrected chi connectivity index (χ2v) is 6.13. The molecule has 0 N–H and O–H groups in total. The molecule has 1 aliphatic heterocycles. The van der Waals surface area contributed by atoms with E-state index in [9.17, 15) is 18.0 Å². The molecule has 3 rings (SSSR count). The van der Waals surface area contributed by atoms with Crippen molar-refractivity contribution in [1.29, 1.82) is 0 Å². The van der Waals surface area contributed by atoms with Crippen molar-refractivity contribution in [2.75, 3.05) is 13.1 Å². The lowest BCUT2D eigenvalue weighted by Crippen LogP contribution is -2.29. The molecule has 0 aromatic carbocycles. The summed E-state index contributed by atoms with van der Waals surface area (Å²) in [4.78, 5) is 21.6. The maximum absolute atomic E-state index is 12.2. The van der Waals surface area contributed by atoms with Gasteiger partial charge in [-0.3, -0.25) is 4.79 Å². The number of rotatable bonds is 4. The molecule has 1 fully saturated rings. The van der Waals surface area contributed by atoms with E-state index < -0.39 is 24.9 Å². The Morgan fingerprint density at radius 3 is 3.00 bits per heavy atom. The molecule has 0 aliphatic carbocycles. The van der Waals surface area contributed by atoms with Gasteiger partial charge in [0, 0.05) is 31.1 Å². The molecule has 1 atom stereocenters. The first kappa shape index (κ1) is 15.9. The summed E-state index contributed by atoms with van der Waals surface area (Å²) in [6.07, 6.45) is -3.71. The van der Waals surface area contributed by atoms with E-state index in [0.29, 0.717) is 36.2 Å². The van der Waals surface area contributed by atoms with Gasteiger partial charge in [0.05, 0.1) is 12.3 Å². The molecule has 0 spiro atoms. The van der Waals surface area contributed by atoms with E-state index in [1.165, 1.54) is 16.2 Å². The van der Waals surface area contributed by atoms with E-state index in [0.717, 1.165) is 0 Å². The van der Waals surface area contributed by atoms with Crippen LogP contribution >= 0.6 is 11.3 Å². The molecule has 1 saturated heterocycles. The molecule has 3 heterocycles. The molecule has 2 aromatic heterocycles.